The average molecular weight is 852 g/mol. The Morgan fingerprint density at radius 2 is 0.510 bits per heavy atom. The molecule has 0 atom stereocenters. The summed E-state index contributed by atoms with van der Waals surface area (Å²) in [5.74, 6) is 0.682. The molecule has 0 saturated heterocycles. The van der Waals surface area contributed by atoms with E-state index >= 15 is 0 Å². The van der Waals surface area contributed by atoms with Crippen molar-refractivity contribution < 1.29 is 17.1 Å². The molecule has 9 rings (SSSR count). The molecule has 2 aliphatic heterocycles. The second-order valence-electron chi connectivity index (χ2n) is 10.6. The van der Waals surface area contributed by atoms with Crippen LogP contribution in [-0.2, 0) is 17.1 Å². The third-order valence-corrected chi connectivity index (χ3v) is 10.4. The number of rotatable bonds is 0. The smallest absolute Gasteiger partial charge is 0.357 e. The Morgan fingerprint density at radius 3 is 0.735 bits per heavy atom. The van der Waals surface area contributed by atoms with Gasteiger partial charge in [-0.2, -0.15) is 0 Å². The van der Waals surface area contributed by atoms with E-state index < -0.39 is 0 Å². The zero-order valence-corrected chi connectivity index (χ0v) is 30.5. The Kier molecular flexibility index (Phi) is 8.21. The second-order valence-corrected chi connectivity index (χ2v) is 13.9. The topological polar surface area (TPSA) is 106 Å². The van der Waals surface area contributed by atoms with Crippen LogP contribution in [0.25, 0.3) is 89.7 Å². The molecule has 0 spiro atoms. The molecule has 0 unspecified atom stereocenters. The predicted octanol–water partition coefficient (Wildman–Crippen LogP) is 11.4. The van der Waals surface area contributed by atoms with E-state index in [0.29, 0.717) is 84.0 Å². The quantitative estimate of drug-likeness (QED) is 0.139. The largest absolute Gasteiger partial charge is 2.00 e. The summed E-state index contributed by atoms with van der Waals surface area (Å²) in [5.41, 5.74) is 2.40. The molecule has 7 aromatic rings. The van der Waals surface area contributed by atoms with Gasteiger partial charge in [-0.15, -0.1) is 0 Å². The maximum atomic E-state index is 6.74. The molecule has 8 nitrogen and oxygen atoms in total. The van der Waals surface area contributed by atoms with Crippen LogP contribution in [0.4, 0.5) is 0 Å². The molecule has 0 amide bonds. The Bertz CT molecular complexity index is 2430. The minimum absolute atomic E-state index is 0. The monoisotopic (exact) mass is 847 g/mol. The predicted molar refractivity (Wildman–Crippen MR) is 194 cm³/mol. The van der Waals surface area contributed by atoms with Crippen molar-refractivity contribution in [3.05, 3.63) is 88.7 Å². The van der Waals surface area contributed by atoms with Crippen LogP contribution in [0, 0.1) is 0 Å². The van der Waals surface area contributed by atoms with Crippen molar-refractivity contribution in [2.45, 2.75) is 0 Å². The van der Waals surface area contributed by atoms with Gasteiger partial charge in [-0.05, 0) is 48.5 Å². The molecule has 0 saturated carbocycles. The number of fused-ring (bicyclic) bond motifs is 20. The maximum absolute atomic E-state index is 6.74. The van der Waals surface area contributed by atoms with Gasteiger partial charge in [0.2, 0.25) is 0 Å². The standard InChI is InChI=1S/C32H8Cl8N8.Cu/c33-9-1-2-10(34)18-17(9)25-41-26(18)46-28-21-13(37)5-6-14(38)22(21)30(43-28)48-32-24-16(40)8-7-15(39)23(24)31(44-32)47-29-20-12(36)4-3-11(35)19(20)27(42-29)45-25;/h1-8H;/q-2;+2. The summed E-state index contributed by atoms with van der Waals surface area (Å²) >= 11 is 53.9. The van der Waals surface area contributed by atoms with Crippen LogP contribution in [0.3, 0.4) is 0 Å². The van der Waals surface area contributed by atoms with Crippen LogP contribution in [-0.4, -0.2) is 29.9 Å². The van der Waals surface area contributed by atoms with Crippen LogP contribution >= 0.6 is 92.8 Å². The van der Waals surface area contributed by atoms with Crippen LogP contribution in [0.2, 0.25) is 40.2 Å². The third kappa shape index (κ3) is 5.02. The number of aromatic nitrogens is 8. The van der Waals surface area contributed by atoms with Crippen LogP contribution in [0.15, 0.2) is 48.5 Å². The van der Waals surface area contributed by atoms with Crippen LogP contribution in [0.5, 0.6) is 0 Å². The van der Waals surface area contributed by atoms with Gasteiger partial charge in [-0.25, -0.2) is 9.97 Å². The van der Waals surface area contributed by atoms with Crippen LogP contribution in [0.1, 0.15) is 0 Å². The number of hydrogen-bond donors (Lipinski definition) is 0. The third-order valence-electron chi connectivity index (χ3n) is 7.90. The summed E-state index contributed by atoms with van der Waals surface area (Å²) in [7, 11) is 0. The van der Waals surface area contributed by atoms with Gasteiger partial charge in [-0.1, -0.05) is 92.8 Å². The number of halogens is 8. The van der Waals surface area contributed by atoms with Crippen LogP contribution < -0.4 is 9.97 Å². The Balaban J connectivity index is 0.00000348. The molecule has 8 bridgehead atoms. The van der Waals surface area contributed by atoms with Gasteiger partial charge in [0.05, 0.1) is 43.4 Å². The molecular weight excluding hydrogens is 844 g/mol. The van der Waals surface area contributed by atoms with Crippen molar-refractivity contribution in [2.75, 3.05) is 0 Å². The average Bonchev–Trinajstić information content (AvgIpc) is 3.80. The molecule has 49 heavy (non-hydrogen) atoms. The van der Waals surface area contributed by atoms with E-state index in [0.717, 1.165) is 0 Å². The fraction of sp³-hybridized carbons (Fsp3) is 0. The molecule has 4 aromatic carbocycles. The Morgan fingerprint density at radius 1 is 0.306 bits per heavy atom. The zero-order valence-electron chi connectivity index (χ0n) is 23.5. The molecule has 1 radical (unpaired) electrons. The normalized spacial score (nSPS) is 11.9. The molecule has 2 aliphatic rings. The zero-order chi connectivity index (χ0) is 33.2. The van der Waals surface area contributed by atoms with Gasteiger partial charge < -0.3 is 29.9 Å². The molecule has 0 aliphatic carbocycles. The Labute approximate surface area is 325 Å². The molecule has 5 heterocycles. The minimum atomic E-state index is 0. The van der Waals surface area contributed by atoms with Crippen molar-refractivity contribution in [1.29, 1.82) is 0 Å². The van der Waals surface area contributed by atoms with E-state index in [9.17, 15) is 0 Å². The molecule has 3 aromatic heterocycles. The summed E-state index contributed by atoms with van der Waals surface area (Å²) in [6.07, 6.45) is 0. The molecule has 0 fully saturated rings. The van der Waals surface area contributed by atoms with Crippen molar-refractivity contribution >= 4 is 137 Å². The molecule has 17 heteroatoms. The second kappa shape index (κ2) is 12.1. The van der Waals surface area contributed by atoms with Crippen molar-refractivity contribution in [3.8, 4) is 45.6 Å². The summed E-state index contributed by atoms with van der Waals surface area (Å²) in [5, 5.41) is 4.34. The minimum Gasteiger partial charge on any atom is -0.357 e. The molecule has 243 valence electrons. The van der Waals surface area contributed by atoms with E-state index in [1.54, 1.807) is 48.5 Å². The number of benzene rings is 4. The van der Waals surface area contributed by atoms with Gasteiger partial charge in [-0.3, -0.25) is 0 Å². The van der Waals surface area contributed by atoms with E-state index in [1.165, 1.54) is 0 Å². The molecular formula is C32H8Cl8CuN8. The number of hydrogen-bond acceptors (Lipinski definition) is 6. The Hall–Kier alpha value is -2.92. The van der Waals surface area contributed by atoms with Gasteiger partial charge in [0.1, 0.15) is 0 Å². The first-order chi connectivity index (χ1) is 23.1. The SMILES string of the molecule is Clc1ccc(Cl)c2c1-c1nc-2nc2[n-]c(nc3nc(nc4[n-]c(n1)c1c(Cl)ccc(Cl)c41)-c1c(Cl)ccc(Cl)c1-3)c1c(Cl)ccc(Cl)c21.[Cu+2]. The van der Waals surface area contributed by atoms with E-state index in [2.05, 4.69) is 0 Å². The first-order valence-corrected chi connectivity index (χ1v) is 16.8. The van der Waals surface area contributed by atoms with Gasteiger partial charge in [0.15, 0.2) is 0 Å². The van der Waals surface area contributed by atoms with Crippen molar-refractivity contribution in [1.82, 2.24) is 39.9 Å². The first-order valence-electron chi connectivity index (χ1n) is 13.7. The summed E-state index contributed by atoms with van der Waals surface area (Å²) in [6.45, 7) is 0. The number of nitrogens with zero attached hydrogens (tertiary/aromatic N) is 8. The van der Waals surface area contributed by atoms with Gasteiger partial charge >= 0.3 is 17.1 Å². The maximum Gasteiger partial charge on any atom is 2.00 e. The van der Waals surface area contributed by atoms with Gasteiger partial charge in [0, 0.05) is 86.5 Å². The first kappa shape index (κ1) is 33.2. The fourth-order valence-electron chi connectivity index (χ4n) is 5.85. The van der Waals surface area contributed by atoms with Gasteiger partial charge in [0.25, 0.3) is 0 Å². The van der Waals surface area contributed by atoms with E-state index in [4.69, 9.17) is 133 Å². The van der Waals surface area contributed by atoms with Crippen molar-refractivity contribution in [3.63, 3.8) is 0 Å². The van der Waals surface area contributed by atoms with E-state index in [-0.39, 0.29) is 63.0 Å². The van der Waals surface area contributed by atoms with Crippen molar-refractivity contribution in [2.24, 2.45) is 0 Å². The fourth-order valence-corrected chi connectivity index (χ4v) is 7.79. The summed E-state index contributed by atoms with van der Waals surface area (Å²) in [4.78, 5) is 38.4. The summed E-state index contributed by atoms with van der Waals surface area (Å²) in [6, 6.07) is 13.1. The summed E-state index contributed by atoms with van der Waals surface area (Å²) < 4.78 is 0. The van der Waals surface area contributed by atoms with E-state index in [1.807, 2.05) is 0 Å². The molecule has 0 N–H and O–H groups in total.